The van der Waals surface area contributed by atoms with Gasteiger partial charge in [0.1, 0.15) is 11.5 Å². The Bertz CT molecular complexity index is 903. The zero-order valence-corrected chi connectivity index (χ0v) is 19.1. The summed E-state index contributed by atoms with van der Waals surface area (Å²) in [7, 11) is -2.03. The Labute approximate surface area is 179 Å². The molecule has 1 aliphatic heterocycles. The van der Waals surface area contributed by atoms with E-state index in [1.807, 2.05) is 18.2 Å². The van der Waals surface area contributed by atoms with Crippen LogP contribution in [-0.2, 0) is 10.0 Å². The minimum atomic E-state index is -3.63. The lowest BCUT2D eigenvalue weighted by molar-refractivity contribution is 0.309. The lowest BCUT2D eigenvalue weighted by Crippen LogP contribution is -2.30. The third-order valence-corrected chi connectivity index (χ3v) is 8.25. The fraction of sp³-hybridized carbons (Fsp3) is 0.400. The molecule has 0 aliphatic carbocycles. The first-order chi connectivity index (χ1) is 13.5. The molecule has 0 N–H and O–H groups in total. The van der Waals surface area contributed by atoms with E-state index in [0.717, 1.165) is 28.6 Å². The van der Waals surface area contributed by atoms with Gasteiger partial charge in [-0.25, -0.2) is 8.42 Å². The Morgan fingerprint density at radius 1 is 1.21 bits per heavy atom. The molecular formula is C20H24BrNO4S2. The first-order valence-electron chi connectivity index (χ1n) is 9.17. The van der Waals surface area contributed by atoms with Gasteiger partial charge in [-0.15, -0.1) is 11.8 Å². The second-order valence-electron chi connectivity index (χ2n) is 6.40. The van der Waals surface area contributed by atoms with Crippen LogP contribution in [0, 0.1) is 0 Å². The SMILES string of the molecule is CCCCOc1ccc(S(=O)(=O)N2CCS[C@H]2c2cc(Br)ccc2OC)cc1. The summed E-state index contributed by atoms with van der Waals surface area (Å²) in [5.41, 5.74) is 0.850. The van der Waals surface area contributed by atoms with E-state index < -0.39 is 10.0 Å². The van der Waals surface area contributed by atoms with Crippen LogP contribution >= 0.6 is 27.7 Å². The third kappa shape index (κ3) is 4.67. The van der Waals surface area contributed by atoms with Gasteiger partial charge in [-0.05, 0) is 48.9 Å². The number of thioether (sulfide) groups is 1. The summed E-state index contributed by atoms with van der Waals surface area (Å²) in [4.78, 5) is 0.275. The van der Waals surface area contributed by atoms with Crippen LogP contribution in [0.4, 0.5) is 0 Å². The first-order valence-corrected chi connectivity index (χ1v) is 12.4. The molecule has 28 heavy (non-hydrogen) atoms. The summed E-state index contributed by atoms with van der Waals surface area (Å²) < 4.78 is 40.1. The van der Waals surface area contributed by atoms with Gasteiger partial charge in [0.2, 0.25) is 10.0 Å². The molecule has 152 valence electrons. The van der Waals surface area contributed by atoms with Crippen molar-refractivity contribution in [1.29, 1.82) is 0 Å². The highest BCUT2D eigenvalue weighted by Crippen LogP contribution is 2.45. The molecule has 0 saturated carbocycles. The molecule has 0 bridgehead atoms. The number of sulfonamides is 1. The van der Waals surface area contributed by atoms with Gasteiger partial charge in [0, 0.05) is 22.3 Å². The Kier molecular flexibility index (Phi) is 7.31. The van der Waals surface area contributed by atoms with Crippen LogP contribution < -0.4 is 9.47 Å². The van der Waals surface area contributed by atoms with Crippen molar-refractivity contribution < 1.29 is 17.9 Å². The zero-order chi connectivity index (χ0) is 20.1. The smallest absolute Gasteiger partial charge is 0.244 e. The van der Waals surface area contributed by atoms with Crippen molar-refractivity contribution in [3.05, 3.63) is 52.5 Å². The van der Waals surface area contributed by atoms with E-state index in [1.54, 1.807) is 47.4 Å². The van der Waals surface area contributed by atoms with Crippen molar-refractivity contribution in [2.24, 2.45) is 0 Å². The highest BCUT2D eigenvalue weighted by atomic mass is 79.9. The van der Waals surface area contributed by atoms with Crippen molar-refractivity contribution in [2.45, 2.75) is 30.0 Å². The van der Waals surface area contributed by atoms with Crippen molar-refractivity contribution >= 4 is 37.7 Å². The summed E-state index contributed by atoms with van der Waals surface area (Å²) in [6.45, 7) is 3.20. The van der Waals surface area contributed by atoms with Crippen molar-refractivity contribution in [2.75, 3.05) is 26.0 Å². The fourth-order valence-corrected chi connectivity index (χ4v) is 6.65. The second-order valence-corrected chi connectivity index (χ2v) is 10.4. The molecule has 1 saturated heterocycles. The van der Waals surface area contributed by atoms with Crippen LogP contribution in [0.1, 0.15) is 30.7 Å². The van der Waals surface area contributed by atoms with Gasteiger partial charge in [0.25, 0.3) is 0 Å². The van der Waals surface area contributed by atoms with Crippen LogP contribution in [0.5, 0.6) is 11.5 Å². The minimum Gasteiger partial charge on any atom is -0.496 e. The van der Waals surface area contributed by atoms with Crippen LogP contribution in [0.3, 0.4) is 0 Å². The van der Waals surface area contributed by atoms with Crippen molar-refractivity contribution in [1.82, 2.24) is 4.31 Å². The maximum atomic E-state index is 13.3. The maximum absolute atomic E-state index is 13.3. The lowest BCUT2D eigenvalue weighted by atomic mass is 10.2. The summed E-state index contributed by atoms with van der Waals surface area (Å²) in [6, 6.07) is 12.4. The van der Waals surface area contributed by atoms with Gasteiger partial charge >= 0.3 is 0 Å². The van der Waals surface area contributed by atoms with E-state index in [9.17, 15) is 8.42 Å². The minimum absolute atomic E-state index is 0.275. The average molecular weight is 486 g/mol. The van der Waals surface area contributed by atoms with Gasteiger partial charge < -0.3 is 9.47 Å². The summed E-state index contributed by atoms with van der Waals surface area (Å²) in [6.07, 6.45) is 2.03. The molecule has 8 heteroatoms. The molecule has 2 aromatic carbocycles. The summed E-state index contributed by atoms with van der Waals surface area (Å²) >= 11 is 5.08. The Morgan fingerprint density at radius 2 is 1.96 bits per heavy atom. The number of methoxy groups -OCH3 is 1. The van der Waals surface area contributed by atoms with E-state index in [-0.39, 0.29) is 10.3 Å². The van der Waals surface area contributed by atoms with Gasteiger partial charge in [-0.1, -0.05) is 29.3 Å². The van der Waals surface area contributed by atoms with E-state index in [0.29, 0.717) is 24.7 Å². The second kappa shape index (κ2) is 9.52. The largest absolute Gasteiger partial charge is 0.496 e. The van der Waals surface area contributed by atoms with Crippen molar-refractivity contribution in [3.8, 4) is 11.5 Å². The number of hydrogen-bond donors (Lipinski definition) is 0. The molecular weight excluding hydrogens is 462 g/mol. The molecule has 1 aliphatic rings. The topological polar surface area (TPSA) is 55.8 Å². The molecule has 1 fully saturated rings. The normalized spacial score (nSPS) is 17.6. The molecule has 0 radical (unpaired) electrons. The molecule has 2 aromatic rings. The fourth-order valence-electron chi connectivity index (χ4n) is 3.02. The zero-order valence-electron chi connectivity index (χ0n) is 15.9. The molecule has 1 atom stereocenters. The number of benzene rings is 2. The predicted octanol–water partition coefficient (Wildman–Crippen LogP) is 5.07. The highest BCUT2D eigenvalue weighted by Gasteiger charge is 2.38. The molecule has 3 rings (SSSR count). The molecule has 0 amide bonds. The van der Waals surface area contributed by atoms with Gasteiger partial charge in [0.15, 0.2) is 0 Å². The Hall–Kier alpha value is -1.22. The number of unbranched alkanes of at least 4 members (excludes halogenated alkanes) is 1. The van der Waals surface area contributed by atoms with Gasteiger partial charge in [-0.3, -0.25) is 0 Å². The number of rotatable bonds is 8. The standard InChI is InChI=1S/C20H24BrNO4S2/c1-3-4-12-26-16-6-8-17(9-7-16)28(23,24)22-11-13-27-20(22)18-14-15(21)5-10-19(18)25-2/h5-10,14,20H,3-4,11-13H2,1-2H3/t20-/m0/s1. The summed E-state index contributed by atoms with van der Waals surface area (Å²) in [5, 5.41) is -0.321. The monoisotopic (exact) mass is 485 g/mol. The highest BCUT2D eigenvalue weighted by molar-refractivity contribution is 9.10. The first kappa shape index (κ1) is 21.5. The number of halogens is 1. The molecule has 0 spiro atoms. The van der Waals surface area contributed by atoms with Gasteiger partial charge in [-0.2, -0.15) is 4.31 Å². The van der Waals surface area contributed by atoms with Crippen LogP contribution in [0.2, 0.25) is 0 Å². The molecule has 0 aromatic heterocycles. The number of nitrogens with zero attached hydrogens (tertiary/aromatic N) is 1. The Morgan fingerprint density at radius 3 is 2.64 bits per heavy atom. The summed E-state index contributed by atoms with van der Waals surface area (Å²) in [5.74, 6) is 2.11. The predicted molar refractivity (Wildman–Crippen MR) is 117 cm³/mol. The van der Waals surface area contributed by atoms with Crippen LogP contribution in [0.25, 0.3) is 0 Å². The van der Waals surface area contributed by atoms with Crippen LogP contribution in [-0.4, -0.2) is 38.7 Å². The molecule has 5 nitrogen and oxygen atoms in total. The van der Waals surface area contributed by atoms with E-state index >= 15 is 0 Å². The van der Waals surface area contributed by atoms with E-state index in [1.165, 1.54) is 0 Å². The quantitative estimate of drug-likeness (QED) is 0.488. The van der Waals surface area contributed by atoms with Crippen molar-refractivity contribution in [3.63, 3.8) is 0 Å². The Balaban J connectivity index is 1.86. The number of ether oxygens (including phenoxy) is 2. The average Bonchev–Trinajstić information content (AvgIpc) is 3.19. The van der Waals surface area contributed by atoms with E-state index in [2.05, 4.69) is 22.9 Å². The third-order valence-electron chi connectivity index (χ3n) is 4.50. The molecule has 1 heterocycles. The van der Waals surface area contributed by atoms with Crippen LogP contribution in [0.15, 0.2) is 51.8 Å². The molecule has 0 unspecified atom stereocenters. The number of hydrogen-bond acceptors (Lipinski definition) is 5. The van der Waals surface area contributed by atoms with Gasteiger partial charge in [0.05, 0.1) is 24.0 Å². The maximum Gasteiger partial charge on any atom is 0.244 e. The van der Waals surface area contributed by atoms with E-state index in [4.69, 9.17) is 9.47 Å². The lowest BCUT2D eigenvalue weighted by Gasteiger charge is -2.25.